The number of nitrogens with two attached hydrogens (primary N) is 1. The Kier molecular flexibility index (Phi) is 4.58. The molecule has 1 heterocycles. The van der Waals surface area contributed by atoms with Crippen molar-refractivity contribution in [3.63, 3.8) is 0 Å². The van der Waals surface area contributed by atoms with Crippen LogP contribution in [-0.4, -0.2) is 25.2 Å². The summed E-state index contributed by atoms with van der Waals surface area (Å²) in [7, 11) is 0. The minimum absolute atomic E-state index is 0.172. The van der Waals surface area contributed by atoms with Gasteiger partial charge in [-0.15, -0.1) is 0 Å². The first-order valence-electron chi connectivity index (χ1n) is 6.06. The second-order valence-electron chi connectivity index (χ2n) is 4.43. The first kappa shape index (κ1) is 13.3. The molecule has 0 spiro atoms. The van der Waals surface area contributed by atoms with Crippen LogP contribution < -0.4 is 11.1 Å². The molecule has 1 aliphatic rings. The van der Waals surface area contributed by atoms with Gasteiger partial charge in [0.2, 0.25) is 5.91 Å². The van der Waals surface area contributed by atoms with Crippen LogP contribution in [0.15, 0.2) is 24.3 Å². The summed E-state index contributed by atoms with van der Waals surface area (Å²) in [6.07, 6.45) is 2.27. The van der Waals surface area contributed by atoms with Gasteiger partial charge in [0.15, 0.2) is 0 Å². The van der Waals surface area contributed by atoms with Gasteiger partial charge in [0, 0.05) is 18.2 Å². The van der Waals surface area contributed by atoms with Gasteiger partial charge in [-0.2, -0.15) is 0 Å². The summed E-state index contributed by atoms with van der Waals surface area (Å²) >= 11 is 5.92. The lowest BCUT2D eigenvalue weighted by molar-refractivity contribution is -0.120. The number of carbonyl (C=O) groups is 1. The molecule has 1 saturated heterocycles. The first-order valence-corrected chi connectivity index (χ1v) is 6.44. The number of carbonyl (C=O) groups excluding carboxylic acids is 1. The Morgan fingerprint density at radius 2 is 2.44 bits per heavy atom. The number of halogens is 1. The lowest BCUT2D eigenvalue weighted by atomic mass is 10.1. The molecule has 0 radical (unpaired) electrons. The molecule has 1 amide bonds. The molecule has 0 bridgehead atoms. The van der Waals surface area contributed by atoms with E-state index in [4.69, 9.17) is 22.1 Å². The zero-order valence-electron chi connectivity index (χ0n) is 10.1. The van der Waals surface area contributed by atoms with E-state index < -0.39 is 11.9 Å². The van der Waals surface area contributed by atoms with Crippen molar-refractivity contribution in [3.05, 3.63) is 34.9 Å². The zero-order chi connectivity index (χ0) is 13.0. The molecule has 5 heteroatoms. The molecule has 3 N–H and O–H groups in total. The van der Waals surface area contributed by atoms with Crippen molar-refractivity contribution in [2.75, 3.05) is 13.2 Å². The molecule has 1 fully saturated rings. The molecule has 0 aliphatic carbocycles. The fourth-order valence-corrected chi connectivity index (χ4v) is 2.32. The van der Waals surface area contributed by atoms with Crippen LogP contribution in [0.4, 0.5) is 0 Å². The van der Waals surface area contributed by atoms with E-state index >= 15 is 0 Å². The van der Waals surface area contributed by atoms with Crippen LogP contribution >= 0.6 is 11.6 Å². The third kappa shape index (κ3) is 3.45. The van der Waals surface area contributed by atoms with E-state index in [1.165, 1.54) is 0 Å². The van der Waals surface area contributed by atoms with Crippen LogP contribution in [0, 0.1) is 0 Å². The Morgan fingerprint density at radius 3 is 3.06 bits per heavy atom. The van der Waals surface area contributed by atoms with Gasteiger partial charge in [0.25, 0.3) is 0 Å². The van der Waals surface area contributed by atoms with Crippen molar-refractivity contribution < 1.29 is 9.53 Å². The molecule has 0 saturated carbocycles. The summed E-state index contributed by atoms with van der Waals surface area (Å²) < 4.78 is 5.50. The topological polar surface area (TPSA) is 64.4 Å². The lowest BCUT2D eigenvalue weighted by Gasteiger charge is -2.18. The first-order chi connectivity index (χ1) is 8.66. The van der Waals surface area contributed by atoms with E-state index in [-0.39, 0.29) is 6.10 Å². The Labute approximate surface area is 111 Å². The van der Waals surface area contributed by atoms with Gasteiger partial charge in [0.1, 0.15) is 6.04 Å². The summed E-state index contributed by atoms with van der Waals surface area (Å²) in [4.78, 5) is 11.5. The fraction of sp³-hybridized carbons (Fsp3) is 0.462. The highest BCUT2D eigenvalue weighted by Crippen LogP contribution is 2.18. The Balaban J connectivity index is 2.01. The minimum atomic E-state index is -0.520. The molecule has 0 aromatic heterocycles. The lowest BCUT2D eigenvalue weighted by Crippen LogP contribution is -2.37. The van der Waals surface area contributed by atoms with E-state index in [1.807, 2.05) is 6.07 Å². The van der Waals surface area contributed by atoms with Crippen molar-refractivity contribution in [3.8, 4) is 0 Å². The standard InChI is InChI=1S/C13H17ClN2O2/c14-10-4-1-3-9(7-10)12(13(15)17)16-8-11-5-2-6-18-11/h1,3-4,7,11-12,16H,2,5-6,8H2,(H2,15,17). The Morgan fingerprint density at radius 1 is 1.61 bits per heavy atom. The van der Waals surface area contributed by atoms with Crippen LogP contribution in [0.5, 0.6) is 0 Å². The van der Waals surface area contributed by atoms with E-state index in [1.54, 1.807) is 18.2 Å². The highest BCUT2D eigenvalue weighted by molar-refractivity contribution is 6.30. The molecule has 18 heavy (non-hydrogen) atoms. The summed E-state index contributed by atoms with van der Waals surface area (Å²) in [6, 6.07) is 6.64. The molecule has 1 aliphatic heterocycles. The highest BCUT2D eigenvalue weighted by Gasteiger charge is 2.21. The second kappa shape index (κ2) is 6.18. The monoisotopic (exact) mass is 268 g/mol. The summed E-state index contributed by atoms with van der Waals surface area (Å²) in [6.45, 7) is 1.42. The molecule has 2 atom stereocenters. The van der Waals surface area contributed by atoms with Crippen LogP contribution in [0.2, 0.25) is 5.02 Å². The van der Waals surface area contributed by atoms with Crippen LogP contribution in [-0.2, 0) is 9.53 Å². The van der Waals surface area contributed by atoms with Gasteiger partial charge in [-0.25, -0.2) is 0 Å². The number of benzene rings is 1. The molecule has 2 rings (SSSR count). The number of hydrogen-bond acceptors (Lipinski definition) is 3. The number of ether oxygens (including phenoxy) is 1. The van der Waals surface area contributed by atoms with Gasteiger partial charge in [-0.05, 0) is 30.5 Å². The third-order valence-electron chi connectivity index (χ3n) is 3.04. The maximum Gasteiger partial charge on any atom is 0.239 e. The van der Waals surface area contributed by atoms with Crippen molar-refractivity contribution >= 4 is 17.5 Å². The van der Waals surface area contributed by atoms with Crippen molar-refractivity contribution in [1.82, 2.24) is 5.32 Å². The van der Waals surface area contributed by atoms with Crippen molar-refractivity contribution in [2.24, 2.45) is 5.73 Å². The number of rotatable bonds is 5. The Bertz CT molecular complexity index is 419. The average molecular weight is 269 g/mol. The molecule has 2 unspecified atom stereocenters. The third-order valence-corrected chi connectivity index (χ3v) is 3.28. The van der Waals surface area contributed by atoms with Gasteiger partial charge in [0.05, 0.1) is 6.10 Å². The second-order valence-corrected chi connectivity index (χ2v) is 4.87. The summed E-state index contributed by atoms with van der Waals surface area (Å²) in [5.74, 6) is -0.407. The van der Waals surface area contributed by atoms with E-state index in [0.717, 1.165) is 25.0 Å². The van der Waals surface area contributed by atoms with Crippen molar-refractivity contribution in [1.29, 1.82) is 0 Å². The smallest absolute Gasteiger partial charge is 0.239 e. The van der Waals surface area contributed by atoms with Crippen molar-refractivity contribution in [2.45, 2.75) is 25.0 Å². The summed E-state index contributed by atoms with van der Waals surface area (Å²) in [5.41, 5.74) is 6.20. The average Bonchev–Trinajstić information content (AvgIpc) is 2.82. The molecule has 98 valence electrons. The van der Waals surface area contributed by atoms with Gasteiger partial charge >= 0.3 is 0 Å². The predicted octanol–water partition coefficient (Wildman–Crippen LogP) is 1.64. The fourth-order valence-electron chi connectivity index (χ4n) is 2.12. The maximum absolute atomic E-state index is 11.5. The number of hydrogen-bond donors (Lipinski definition) is 2. The normalized spacial score (nSPS) is 20.8. The molecular weight excluding hydrogens is 252 g/mol. The molecule has 1 aromatic carbocycles. The number of amides is 1. The zero-order valence-corrected chi connectivity index (χ0v) is 10.8. The minimum Gasteiger partial charge on any atom is -0.377 e. The van der Waals surface area contributed by atoms with E-state index in [0.29, 0.717) is 11.6 Å². The highest BCUT2D eigenvalue weighted by atomic mass is 35.5. The van der Waals surface area contributed by atoms with E-state index in [9.17, 15) is 4.79 Å². The molecule has 1 aromatic rings. The quantitative estimate of drug-likeness (QED) is 0.853. The van der Waals surface area contributed by atoms with Gasteiger partial charge in [-0.1, -0.05) is 23.7 Å². The summed E-state index contributed by atoms with van der Waals surface area (Å²) in [5, 5.41) is 3.74. The van der Waals surface area contributed by atoms with Gasteiger partial charge in [-0.3, -0.25) is 10.1 Å². The van der Waals surface area contributed by atoms with Crippen LogP contribution in [0.1, 0.15) is 24.4 Å². The Hall–Kier alpha value is -1.10. The van der Waals surface area contributed by atoms with Gasteiger partial charge < -0.3 is 10.5 Å². The molecule has 4 nitrogen and oxygen atoms in total. The van der Waals surface area contributed by atoms with Crippen LogP contribution in [0.3, 0.4) is 0 Å². The molecular formula is C13H17ClN2O2. The van der Waals surface area contributed by atoms with Crippen LogP contribution in [0.25, 0.3) is 0 Å². The predicted molar refractivity (Wildman–Crippen MR) is 70.4 cm³/mol. The van der Waals surface area contributed by atoms with E-state index in [2.05, 4.69) is 5.32 Å². The maximum atomic E-state index is 11.5. The SMILES string of the molecule is NC(=O)C(NCC1CCCO1)c1cccc(Cl)c1. The number of primary amides is 1. The number of nitrogens with one attached hydrogen (secondary N) is 1. The largest absolute Gasteiger partial charge is 0.377 e.